The lowest BCUT2D eigenvalue weighted by Crippen LogP contribution is -2.36. The van der Waals surface area contributed by atoms with Crippen molar-refractivity contribution < 1.29 is 5.11 Å². The third kappa shape index (κ3) is 0.873. The predicted octanol–water partition coefficient (Wildman–Crippen LogP) is -0.587. The Morgan fingerprint density at radius 3 is 3.08 bits per heavy atom. The average Bonchev–Trinajstić information content (AvgIpc) is 2.59. The van der Waals surface area contributed by atoms with Crippen molar-refractivity contribution in [3.8, 4) is 0 Å². The molecule has 0 amide bonds. The van der Waals surface area contributed by atoms with Gasteiger partial charge in [0.2, 0.25) is 0 Å². The number of nitrogens with zero attached hydrogens (tertiary/aromatic N) is 1. The summed E-state index contributed by atoms with van der Waals surface area (Å²) in [5.74, 6) is 0.877. The molecule has 3 nitrogen and oxygen atoms in total. The third-order valence-corrected chi connectivity index (χ3v) is 3.74. The van der Waals surface area contributed by atoms with Crippen molar-refractivity contribution in [1.82, 2.24) is 10.2 Å². The molecule has 0 radical (unpaired) electrons. The van der Waals surface area contributed by atoms with Crippen molar-refractivity contribution in [1.29, 1.82) is 0 Å². The van der Waals surface area contributed by atoms with Gasteiger partial charge in [0.25, 0.3) is 0 Å². The molecule has 0 unspecified atom stereocenters. The molecule has 3 heteroatoms. The van der Waals surface area contributed by atoms with Crippen LogP contribution in [0.4, 0.5) is 0 Å². The SMILES string of the molecule is O[C@@H]1C[C@@H]2C[C@H]3CNC[C@H]3N2C1. The van der Waals surface area contributed by atoms with E-state index in [4.69, 9.17) is 0 Å². The van der Waals surface area contributed by atoms with Crippen LogP contribution in [-0.2, 0) is 0 Å². The summed E-state index contributed by atoms with van der Waals surface area (Å²) in [6.45, 7) is 3.27. The smallest absolute Gasteiger partial charge is 0.0682 e. The molecule has 0 bridgehead atoms. The summed E-state index contributed by atoms with van der Waals surface area (Å²) in [5, 5.41) is 12.9. The van der Waals surface area contributed by atoms with Crippen molar-refractivity contribution in [3.05, 3.63) is 0 Å². The van der Waals surface area contributed by atoms with E-state index in [1.807, 2.05) is 0 Å². The normalized spacial score (nSPS) is 52.8. The van der Waals surface area contributed by atoms with E-state index < -0.39 is 0 Å². The minimum atomic E-state index is -0.0449. The molecular formula is C9H16N2O. The van der Waals surface area contributed by atoms with Crippen LogP contribution in [0.1, 0.15) is 12.8 Å². The Labute approximate surface area is 72.7 Å². The zero-order chi connectivity index (χ0) is 8.13. The van der Waals surface area contributed by atoms with Crippen LogP contribution >= 0.6 is 0 Å². The van der Waals surface area contributed by atoms with Crippen molar-refractivity contribution in [2.24, 2.45) is 5.92 Å². The Kier molecular flexibility index (Phi) is 1.48. The van der Waals surface area contributed by atoms with Gasteiger partial charge < -0.3 is 10.4 Å². The Hall–Kier alpha value is -0.120. The molecule has 0 aromatic heterocycles. The summed E-state index contributed by atoms with van der Waals surface area (Å²) in [5.41, 5.74) is 0. The van der Waals surface area contributed by atoms with Crippen LogP contribution in [0, 0.1) is 5.92 Å². The standard InChI is InChI=1S/C9H16N2O/c12-8-2-7-1-6-3-10-4-9(6)11(7)5-8/h6-10,12H,1-5H2/t6-,7-,8+,9+/m0/s1. The molecule has 2 N–H and O–H groups in total. The van der Waals surface area contributed by atoms with Gasteiger partial charge in [0.15, 0.2) is 0 Å². The Bertz CT molecular complexity index is 197. The largest absolute Gasteiger partial charge is 0.392 e. The number of fused-ring (bicyclic) bond motifs is 3. The van der Waals surface area contributed by atoms with E-state index in [2.05, 4.69) is 10.2 Å². The van der Waals surface area contributed by atoms with Crippen LogP contribution in [0.2, 0.25) is 0 Å². The van der Waals surface area contributed by atoms with Crippen molar-refractivity contribution >= 4 is 0 Å². The van der Waals surface area contributed by atoms with Crippen LogP contribution in [0.5, 0.6) is 0 Å². The molecule has 3 fully saturated rings. The summed E-state index contributed by atoms with van der Waals surface area (Å²) >= 11 is 0. The second-order valence-electron chi connectivity index (χ2n) is 4.46. The zero-order valence-corrected chi connectivity index (χ0v) is 7.24. The molecule has 3 saturated heterocycles. The fourth-order valence-electron chi connectivity index (χ4n) is 3.25. The molecule has 3 rings (SSSR count). The first kappa shape index (κ1) is 7.30. The van der Waals surface area contributed by atoms with Gasteiger partial charge in [-0.3, -0.25) is 4.90 Å². The highest BCUT2D eigenvalue weighted by Crippen LogP contribution is 2.38. The summed E-state index contributed by atoms with van der Waals surface area (Å²) in [6, 6.07) is 1.45. The van der Waals surface area contributed by atoms with Gasteiger partial charge in [-0.1, -0.05) is 0 Å². The lowest BCUT2D eigenvalue weighted by atomic mass is 10.00. The molecule has 3 aliphatic rings. The minimum absolute atomic E-state index is 0.0449. The minimum Gasteiger partial charge on any atom is -0.392 e. The maximum atomic E-state index is 9.49. The Morgan fingerprint density at radius 1 is 1.25 bits per heavy atom. The van der Waals surface area contributed by atoms with Gasteiger partial charge in [0.1, 0.15) is 0 Å². The van der Waals surface area contributed by atoms with Gasteiger partial charge in [-0.15, -0.1) is 0 Å². The maximum Gasteiger partial charge on any atom is 0.0682 e. The summed E-state index contributed by atoms with van der Waals surface area (Å²) in [4.78, 5) is 2.52. The van der Waals surface area contributed by atoms with Crippen LogP contribution in [0.25, 0.3) is 0 Å². The monoisotopic (exact) mass is 168 g/mol. The topological polar surface area (TPSA) is 35.5 Å². The second-order valence-corrected chi connectivity index (χ2v) is 4.46. The highest BCUT2D eigenvalue weighted by molar-refractivity contribution is 5.03. The molecule has 68 valence electrons. The van der Waals surface area contributed by atoms with Crippen LogP contribution < -0.4 is 5.32 Å². The Morgan fingerprint density at radius 2 is 2.17 bits per heavy atom. The molecule has 0 aromatic carbocycles. The first-order chi connectivity index (χ1) is 5.84. The first-order valence-electron chi connectivity index (χ1n) is 4.99. The molecule has 4 atom stereocenters. The number of hydrogen-bond donors (Lipinski definition) is 2. The number of hydrogen-bond acceptors (Lipinski definition) is 3. The fraction of sp³-hybridized carbons (Fsp3) is 1.00. The van der Waals surface area contributed by atoms with Crippen LogP contribution in [0.15, 0.2) is 0 Å². The number of aliphatic hydroxyl groups is 1. The van der Waals surface area contributed by atoms with Crippen LogP contribution in [0.3, 0.4) is 0 Å². The fourth-order valence-corrected chi connectivity index (χ4v) is 3.25. The van der Waals surface area contributed by atoms with E-state index in [0.29, 0.717) is 6.04 Å². The lowest BCUT2D eigenvalue weighted by Gasteiger charge is -2.21. The van der Waals surface area contributed by atoms with E-state index >= 15 is 0 Å². The lowest BCUT2D eigenvalue weighted by molar-refractivity contribution is 0.161. The zero-order valence-electron chi connectivity index (χ0n) is 7.24. The highest BCUT2D eigenvalue weighted by atomic mass is 16.3. The number of rotatable bonds is 0. The number of aliphatic hydroxyl groups excluding tert-OH is 1. The van der Waals surface area contributed by atoms with E-state index in [9.17, 15) is 5.11 Å². The predicted molar refractivity (Wildman–Crippen MR) is 45.9 cm³/mol. The molecule has 0 saturated carbocycles. The second kappa shape index (κ2) is 2.44. The highest BCUT2D eigenvalue weighted by Gasteiger charge is 2.47. The van der Waals surface area contributed by atoms with Gasteiger partial charge in [-0.25, -0.2) is 0 Å². The maximum absolute atomic E-state index is 9.49. The summed E-state index contributed by atoms with van der Waals surface area (Å²) in [6.07, 6.45) is 2.29. The Balaban J connectivity index is 1.80. The van der Waals surface area contributed by atoms with Gasteiger partial charge in [0, 0.05) is 25.2 Å². The first-order valence-corrected chi connectivity index (χ1v) is 4.99. The van der Waals surface area contributed by atoms with Gasteiger partial charge >= 0.3 is 0 Å². The summed E-state index contributed by atoms with van der Waals surface area (Å²) in [7, 11) is 0. The quantitative estimate of drug-likeness (QED) is 0.507. The van der Waals surface area contributed by atoms with E-state index in [-0.39, 0.29) is 6.10 Å². The average molecular weight is 168 g/mol. The van der Waals surface area contributed by atoms with E-state index in [0.717, 1.165) is 31.5 Å². The molecule has 0 spiro atoms. The molecule has 0 aromatic rings. The molecule has 12 heavy (non-hydrogen) atoms. The molecule has 0 aliphatic carbocycles. The van der Waals surface area contributed by atoms with Gasteiger partial charge in [-0.05, 0) is 25.3 Å². The number of nitrogens with one attached hydrogen (secondary N) is 1. The van der Waals surface area contributed by atoms with Gasteiger partial charge in [0.05, 0.1) is 6.10 Å². The molecule has 3 heterocycles. The van der Waals surface area contributed by atoms with Gasteiger partial charge in [-0.2, -0.15) is 0 Å². The third-order valence-electron chi connectivity index (χ3n) is 3.74. The van der Waals surface area contributed by atoms with Crippen molar-refractivity contribution in [3.63, 3.8) is 0 Å². The summed E-state index contributed by atoms with van der Waals surface area (Å²) < 4.78 is 0. The van der Waals surface area contributed by atoms with E-state index in [1.165, 1.54) is 13.0 Å². The molecule has 3 aliphatic heterocycles. The molecular weight excluding hydrogens is 152 g/mol. The van der Waals surface area contributed by atoms with E-state index in [1.54, 1.807) is 0 Å². The van der Waals surface area contributed by atoms with Crippen LogP contribution in [-0.4, -0.2) is 47.8 Å². The van der Waals surface area contributed by atoms with Crippen molar-refractivity contribution in [2.75, 3.05) is 19.6 Å². The van der Waals surface area contributed by atoms with Crippen molar-refractivity contribution in [2.45, 2.75) is 31.0 Å².